The van der Waals surface area contributed by atoms with E-state index >= 15 is 0 Å². The average molecular weight is 266 g/mol. The van der Waals surface area contributed by atoms with E-state index in [-0.39, 0.29) is 25.3 Å². The summed E-state index contributed by atoms with van der Waals surface area (Å²) in [6.07, 6.45) is -3.17. The minimum atomic E-state index is -4.19. The van der Waals surface area contributed by atoms with Crippen LogP contribution in [-0.4, -0.2) is 24.2 Å². The van der Waals surface area contributed by atoms with E-state index in [2.05, 4.69) is 5.32 Å². The fraction of sp³-hybridized carbons (Fsp3) is 0.917. The van der Waals surface area contributed by atoms with Gasteiger partial charge in [0.2, 0.25) is 5.91 Å². The average Bonchev–Trinajstić information content (AvgIpc) is 2.24. The first-order chi connectivity index (χ1) is 8.09. The summed E-state index contributed by atoms with van der Waals surface area (Å²) >= 11 is 0. The van der Waals surface area contributed by atoms with Gasteiger partial charge in [-0.15, -0.1) is 0 Å². The van der Waals surface area contributed by atoms with Gasteiger partial charge in [0.25, 0.3) is 0 Å². The van der Waals surface area contributed by atoms with Crippen LogP contribution < -0.4 is 11.1 Å². The Morgan fingerprint density at radius 1 is 1.33 bits per heavy atom. The molecule has 1 aliphatic carbocycles. The first-order valence-corrected chi connectivity index (χ1v) is 6.23. The van der Waals surface area contributed by atoms with Gasteiger partial charge in [0.05, 0.1) is 5.92 Å². The molecule has 1 rings (SSSR count). The maximum atomic E-state index is 12.6. The Balaban J connectivity index is 2.49. The number of carbonyl (C=O) groups is 1. The molecule has 0 bridgehead atoms. The zero-order valence-electron chi connectivity index (χ0n) is 10.8. The molecule has 0 heterocycles. The quantitative estimate of drug-likeness (QED) is 0.823. The third-order valence-corrected chi connectivity index (χ3v) is 3.23. The van der Waals surface area contributed by atoms with Crippen LogP contribution in [0, 0.1) is 11.8 Å². The summed E-state index contributed by atoms with van der Waals surface area (Å²) in [5.41, 5.74) is 5.17. The molecule has 2 unspecified atom stereocenters. The van der Waals surface area contributed by atoms with Crippen LogP contribution in [0.25, 0.3) is 0 Å². The van der Waals surface area contributed by atoms with E-state index in [0.29, 0.717) is 12.8 Å². The van der Waals surface area contributed by atoms with Gasteiger partial charge in [-0.1, -0.05) is 6.42 Å². The second kappa shape index (κ2) is 5.47. The molecule has 3 N–H and O–H groups in total. The number of halogens is 3. The molecule has 0 aromatic carbocycles. The van der Waals surface area contributed by atoms with Gasteiger partial charge >= 0.3 is 6.18 Å². The molecule has 0 saturated heterocycles. The molecule has 2 atom stereocenters. The van der Waals surface area contributed by atoms with Gasteiger partial charge < -0.3 is 11.1 Å². The van der Waals surface area contributed by atoms with Crippen molar-refractivity contribution in [3.8, 4) is 0 Å². The van der Waals surface area contributed by atoms with Gasteiger partial charge in [-0.05, 0) is 33.1 Å². The molecular weight excluding hydrogens is 245 g/mol. The Hall–Kier alpha value is -0.780. The molecule has 0 radical (unpaired) electrons. The van der Waals surface area contributed by atoms with Crippen molar-refractivity contribution in [3.05, 3.63) is 0 Å². The number of hydrogen-bond donors (Lipinski definition) is 2. The van der Waals surface area contributed by atoms with E-state index in [9.17, 15) is 18.0 Å². The summed E-state index contributed by atoms with van der Waals surface area (Å²) in [6.45, 7) is 3.79. The second-order valence-electron chi connectivity index (χ2n) is 5.81. The van der Waals surface area contributed by atoms with Crippen molar-refractivity contribution in [2.24, 2.45) is 17.6 Å². The first-order valence-electron chi connectivity index (χ1n) is 6.23. The first kappa shape index (κ1) is 15.3. The third-order valence-electron chi connectivity index (χ3n) is 3.23. The van der Waals surface area contributed by atoms with Crippen molar-refractivity contribution in [1.29, 1.82) is 0 Å². The lowest BCUT2D eigenvalue weighted by Crippen LogP contribution is -2.47. The van der Waals surface area contributed by atoms with Crippen molar-refractivity contribution in [2.75, 3.05) is 6.54 Å². The van der Waals surface area contributed by atoms with E-state index in [1.54, 1.807) is 13.8 Å². The number of rotatable bonds is 3. The van der Waals surface area contributed by atoms with Crippen LogP contribution >= 0.6 is 0 Å². The van der Waals surface area contributed by atoms with E-state index < -0.39 is 23.6 Å². The normalized spacial score (nSPS) is 25.9. The second-order valence-corrected chi connectivity index (χ2v) is 5.81. The molecule has 1 amide bonds. The fourth-order valence-electron chi connectivity index (χ4n) is 2.18. The number of carbonyl (C=O) groups excluding carboxylic acids is 1. The molecule has 0 spiro atoms. The number of nitrogens with one attached hydrogen (secondary N) is 1. The van der Waals surface area contributed by atoms with Gasteiger partial charge in [0.15, 0.2) is 0 Å². The van der Waals surface area contributed by atoms with Gasteiger partial charge in [0.1, 0.15) is 0 Å². The van der Waals surface area contributed by atoms with Gasteiger partial charge in [-0.25, -0.2) is 0 Å². The van der Waals surface area contributed by atoms with Gasteiger partial charge in [-0.3, -0.25) is 4.79 Å². The van der Waals surface area contributed by atoms with Crippen molar-refractivity contribution < 1.29 is 18.0 Å². The maximum Gasteiger partial charge on any atom is 0.391 e. The Labute approximate surface area is 105 Å². The molecule has 1 aliphatic rings. The monoisotopic (exact) mass is 266 g/mol. The van der Waals surface area contributed by atoms with Crippen molar-refractivity contribution >= 4 is 5.91 Å². The van der Waals surface area contributed by atoms with E-state index in [0.717, 1.165) is 0 Å². The van der Waals surface area contributed by atoms with Crippen LogP contribution in [-0.2, 0) is 4.79 Å². The molecule has 0 aliphatic heterocycles. The third kappa shape index (κ3) is 4.84. The highest BCUT2D eigenvalue weighted by Crippen LogP contribution is 2.39. The molecule has 0 aromatic rings. The van der Waals surface area contributed by atoms with E-state index in [4.69, 9.17) is 5.73 Å². The Bertz CT molecular complexity index is 297. The summed E-state index contributed by atoms with van der Waals surface area (Å²) in [4.78, 5) is 11.8. The molecule has 1 saturated carbocycles. The zero-order valence-corrected chi connectivity index (χ0v) is 10.8. The Morgan fingerprint density at radius 2 is 1.94 bits per heavy atom. The predicted octanol–water partition coefficient (Wildman–Crippen LogP) is 2.21. The zero-order chi connectivity index (χ0) is 14.0. The van der Waals surface area contributed by atoms with Crippen molar-refractivity contribution in [3.63, 3.8) is 0 Å². The van der Waals surface area contributed by atoms with E-state index in [1.807, 2.05) is 0 Å². The Kier molecular flexibility index (Phi) is 4.64. The number of nitrogens with two attached hydrogens (primary N) is 1. The van der Waals surface area contributed by atoms with Gasteiger partial charge in [0, 0.05) is 18.0 Å². The number of amides is 1. The van der Waals surface area contributed by atoms with Crippen LogP contribution in [0.1, 0.15) is 39.5 Å². The molecule has 18 heavy (non-hydrogen) atoms. The van der Waals surface area contributed by atoms with Gasteiger partial charge in [-0.2, -0.15) is 13.2 Å². The summed E-state index contributed by atoms with van der Waals surface area (Å²) < 4.78 is 37.8. The summed E-state index contributed by atoms with van der Waals surface area (Å²) in [6, 6.07) is 0. The van der Waals surface area contributed by atoms with Crippen LogP contribution in [0.4, 0.5) is 13.2 Å². The van der Waals surface area contributed by atoms with Crippen LogP contribution in [0.5, 0.6) is 0 Å². The van der Waals surface area contributed by atoms with E-state index in [1.165, 1.54) is 0 Å². The Morgan fingerprint density at radius 3 is 2.44 bits per heavy atom. The summed E-state index contributed by atoms with van der Waals surface area (Å²) in [5, 5.41) is 2.63. The molecule has 1 fully saturated rings. The molecule has 6 heteroatoms. The van der Waals surface area contributed by atoms with Crippen LogP contribution in [0.15, 0.2) is 0 Å². The van der Waals surface area contributed by atoms with Crippen molar-refractivity contribution in [2.45, 2.75) is 51.2 Å². The van der Waals surface area contributed by atoms with Crippen molar-refractivity contribution in [1.82, 2.24) is 5.32 Å². The lowest BCUT2D eigenvalue weighted by Gasteiger charge is -2.30. The lowest BCUT2D eigenvalue weighted by molar-refractivity contribution is -0.186. The standard InChI is InChI=1S/C12H21F3N2O/c1-11(2,16)7-17-10(18)8-4-3-5-9(6-8)12(13,14)15/h8-9H,3-7,16H2,1-2H3,(H,17,18). The molecular formula is C12H21F3N2O. The highest BCUT2D eigenvalue weighted by molar-refractivity contribution is 5.78. The highest BCUT2D eigenvalue weighted by Gasteiger charge is 2.43. The largest absolute Gasteiger partial charge is 0.391 e. The fourth-order valence-corrected chi connectivity index (χ4v) is 2.18. The molecule has 0 aromatic heterocycles. The smallest absolute Gasteiger partial charge is 0.354 e. The number of hydrogen-bond acceptors (Lipinski definition) is 2. The summed E-state index contributed by atoms with van der Waals surface area (Å²) in [7, 11) is 0. The number of alkyl halides is 3. The summed E-state index contributed by atoms with van der Waals surface area (Å²) in [5.74, 6) is -2.18. The molecule has 3 nitrogen and oxygen atoms in total. The minimum Gasteiger partial charge on any atom is -0.354 e. The minimum absolute atomic E-state index is 0.0969. The highest BCUT2D eigenvalue weighted by atomic mass is 19.4. The topological polar surface area (TPSA) is 55.1 Å². The van der Waals surface area contributed by atoms with Crippen LogP contribution in [0.3, 0.4) is 0 Å². The maximum absolute atomic E-state index is 12.6. The van der Waals surface area contributed by atoms with Crippen LogP contribution in [0.2, 0.25) is 0 Å². The molecule has 106 valence electrons. The predicted molar refractivity (Wildman–Crippen MR) is 62.8 cm³/mol. The lowest BCUT2D eigenvalue weighted by atomic mass is 9.80. The SMILES string of the molecule is CC(C)(N)CNC(=O)C1CCCC(C(F)(F)F)C1.